The minimum Gasteiger partial charge on any atom is -0.497 e. The second-order valence-corrected chi connectivity index (χ2v) is 10.3. The van der Waals surface area contributed by atoms with Gasteiger partial charge in [-0.25, -0.2) is 22.9 Å². The van der Waals surface area contributed by atoms with Crippen LogP contribution in [-0.4, -0.2) is 69.2 Å². The number of anilines is 1. The Hall–Kier alpha value is -3.41. The highest BCUT2D eigenvalue weighted by molar-refractivity contribution is 7.89. The number of aryl methyl sites for hydroxylation is 1. The fourth-order valence-electron chi connectivity index (χ4n) is 4.44. The molecule has 3 heterocycles. The molecule has 1 aliphatic heterocycles. The summed E-state index contributed by atoms with van der Waals surface area (Å²) in [6, 6.07) is 12.5. The summed E-state index contributed by atoms with van der Waals surface area (Å²) in [7, 11) is -0.331. The Morgan fingerprint density at radius 1 is 1.09 bits per heavy atom. The summed E-state index contributed by atoms with van der Waals surface area (Å²) in [6.45, 7) is 4.35. The number of aromatic nitrogens is 2. The van der Waals surface area contributed by atoms with Crippen molar-refractivity contribution in [2.75, 3.05) is 51.3 Å². The van der Waals surface area contributed by atoms with E-state index in [1.165, 1.54) is 24.5 Å². The molecular weight excluding hydrogens is 470 g/mol. The van der Waals surface area contributed by atoms with Gasteiger partial charge in [-0.1, -0.05) is 0 Å². The van der Waals surface area contributed by atoms with E-state index in [9.17, 15) is 13.2 Å². The van der Waals surface area contributed by atoms with Crippen LogP contribution in [0.1, 0.15) is 0 Å². The molecule has 2 aromatic heterocycles. The second-order valence-electron chi connectivity index (χ2n) is 8.52. The normalized spacial score (nSPS) is 15.2. The van der Waals surface area contributed by atoms with E-state index in [0.717, 1.165) is 37.6 Å². The van der Waals surface area contributed by atoms with Crippen LogP contribution in [0, 0.1) is 0 Å². The zero-order chi connectivity index (χ0) is 24.6. The van der Waals surface area contributed by atoms with Gasteiger partial charge >= 0.3 is 5.63 Å². The van der Waals surface area contributed by atoms with Gasteiger partial charge in [0.1, 0.15) is 11.3 Å². The summed E-state index contributed by atoms with van der Waals surface area (Å²) in [6.07, 6.45) is 1.51. The quantitative estimate of drug-likeness (QED) is 0.385. The molecule has 0 spiro atoms. The molecule has 1 fully saturated rings. The number of hydrogen-bond donors (Lipinski definition) is 1. The third-order valence-corrected chi connectivity index (χ3v) is 7.84. The first-order chi connectivity index (χ1) is 16.9. The maximum atomic E-state index is 13.0. The molecule has 0 bridgehead atoms. The van der Waals surface area contributed by atoms with Crippen molar-refractivity contribution < 1.29 is 17.6 Å². The van der Waals surface area contributed by atoms with E-state index < -0.39 is 15.6 Å². The number of hydrogen-bond acceptors (Lipinski definition) is 8. The van der Waals surface area contributed by atoms with Crippen molar-refractivity contribution in [3.05, 3.63) is 59.2 Å². The van der Waals surface area contributed by atoms with Crippen molar-refractivity contribution in [3.8, 4) is 5.75 Å². The molecule has 2 aromatic carbocycles. The monoisotopic (exact) mass is 497 g/mol. The third-order valence-electron chi connectivity index (χ3n) is 6.38. The molecule has 5 rings (SSSR count). The first-order valence-electron chi connectivity index (χ1n) is 11.3. The molecule has 1 aliphatic rings. The smallest absolute Gasteiger partial charge is 0.364 e. The number of methoxy groups -OCH3 is 1. The fourth-order valence-corrected chi connectivity index (χ4v) is 5.49. The molecule has 1 saturated heterocycles. The Kier molecular flexibility index (Phi) is 6.22. The van der Waals surface area contributed by atoms with Crippen molar-refractivity contribution >= 4 is 37.7 Å². The SMILES string of the molecule is COc1ccc(N2CCN(CCNS(=O)(=O)c3ccc4oc(=O)c5ncn(C)c5c4c3)CC2)cc1. The Bertz CT molecular complexity index is 1520. The number of piperazine rings is 1. The summed E-state index contributed by atoms with van der Waals surface area (Å²) < 4.78 is 40.8. The third kappa shape index (κ3) is 4.62. The molecule has 10 nitrogen and oxygen atoms in total. The number of benzene rings is 2. The average Bonchev–Trinajstić information content (AvgIpc) is 3.27. The van der Waals surface area contributed by atoms with Crippen LogP contribution in [0.2, 0.25) is 0 Å². The lowest BCUT2D eigenvalue weighted by Gasteiger charge is -2.36. The van der Waals surface area contributed by atoms with Gasteiger partial charge in [0.25, 0.3) is 0 Å². The van der Waals surface area contributed by atoms with Crippen LogP contribution in [0.25, 0.3) is 22.0 Å². The molecule has 1 N–H and O–H groups in total. The van der Waals surface area contributed by atoms with E-state index in [0.29, 0.717) is 29.6 Å². The Labute approximate surface area is 202 Å². The zero-order valence-electron chi connectivity index (χ0n) is 19.6. The molecule has 184 valence electrons. The Morgan fingerprint density at radius 3 is 2.54 bits per heavy atom. The molecule has 0 unspecified atom stereocenters. The molecule has 0 aliphatic carbocycles. The van der Waals surface area contributed by atoms with E-state index >= 15 is 0 Å². The topological polar surface area (TPSA) is 110 Å². The minimum absolute atomic E-state index is 0.116. The number of ether oxygens (including phenoxy) is 1. The van der Waals surface area contributed by atoms with Gasteiger partial charge in [0, 0.05) is 57.4 Å². The van der Waals surface area contributed by atoms with Crippen LogP contribution in [0.15, 0.2) is 62.9 Å². The molecule has 0 saturated carbocycles. The number of rotatable bonds is 7. The first-order valence-corrected chi connectivity index (χ1v) is 12.8. The van der Waals surface area contributed by atoms with Gasteiger partial charge in [0.2, 0.25) is 10.0 Å². The summed E-state index contributed by atoms with van der Waals surface area (Å²) in [5, 5.41) is 0.525. The minimum atomic E-state index is -3.74. The van der Waals surface area contributed by atoms with Crippen LogP contribution < -0.4 is 20.0 Å². The molecule has 4 aromatic rings. The first kappa shape index (κ1) is 23.3. The standard InChI is InChI=1S/C24H27N5O5S/c1-27-16-25-22-23(27)20-15-19(7-8-21(20)34-24(22)30)35(31,32)26-9-10-28-11-13-29(14-12-28)17-3-5-18(33-2)6-4-17/h3-8,15-16,26H,9-14H2,1-2H3. The van der Waals surface area contributed by atoms with Crippen molar-refractivity contribution in [1.82, 2.24) is 19.2 Å². The van der Waals surface area contributed by atoms with Crippen molar-refractivity contribution in [2.24, 2.45) is 7.05 Å². The van der Waals surface area contributed by atoms with E-state index in [4.69, 9.17) is 9.15 Å². The van der Waals surface area contributed by atoms with Crippen molar-refractivity contribution in [1.29, 1.82) is 0 Å². The van der Waals surface area contributed by atoms with Crippen LogP contribution in [0.5, 0.6) is 5.75 Å². The van der Waals surface area contributed by atoms with Crippen LogP contribution >= 0.6 is 0 Å². The van der Waals surface area contributed by atoms with E-state index in [2.05, 4.69) is 31.6 Å². The molecule has 0 atom stereocenters. The van der Waals surface area contributed by atoms with E-state index in [1.807, 2.05) is 12.1 Å². The van der Waals surface area contributed by atoms with Gasteiger partial charge in [0.15, 0.2) is 5.52 Å². The lowest BCUT2D eigenvalue weighted by molar-refractivity contribution is 0.262. The molecular formula is C24H27N5O5S. The van der Waals surface area contributed by atoms with Crippen LogP contribution in [0.3, 0.4) is 0 Å². The lowest BCUT2D eigenvalue weighted by Crippen LogP contribution is -2.48. The highest BCUT2D eigenvalue weighted by atomic mass is 32.2. The molecule has 0 radical (unpaired) electrons. The number of nitrogens with zero attached hydrogens (tertiary/aromatic N) is 4. The maximum Gasteiger partial charge on any atom is 0.364 e. The summed E-state index contributed by atoms with van der Waals surface area (Å²) in [5.74, 6) is 0.834. The highest BCUT2D eigenvalue weighted by Crippen LogP contribution is 2.25. The zero-order valence-corrected chi connectivity index (χ0v) is 20.4. The van der Waals surface area contributed by atoms with Crippen molar-refractivity contribution in [3.63, 3.8) is 0 Å². The van der Waals surface area contributed by atoms with Gasteiger partial charge in [-0.2, -0.15) is 0 Å². The maximum absolute atomic E-state index is 13.0. The average molecular weight is 498 g/mol. The predicted molar refractivity (Wildman–Crippen MR) is 134 cm³/mol. The van der Waals surface area contributed by atoms with Gasteiger partial charge in [0.05, 0.1) is 23.8 Å². The number of fused-ring (bicyclic) bond motifs is 3. The highest BCUT2D eigenvalue weighted by Gasteiger charge is 2.20. The van der Waals surface area contributed by atoms with E-state index in [-0.39, 0.29) is 10.4 Å². The van der Waals surface area contributed by atoms with Gasteiger partial charge in [-0.15, -0.1) is 0 Å². The predicted octanol–water partition coefficient (Wildman–Crippen LogP) is 1.79. The molecule has 0 amide bonds. The lowest BCUT2D eigenvalue weighted by atomic mass is 10.2. The van der Waals surface area contributed by atoms with Gasteiger partial charge < -0.3 is 18.6 Å². The summed E-state index contributed by atoms with van der Waals surface area (Å²) >= 11 is 0. The van der Waals surface area contributed by atoms with E-state index in [1.54, 1.807) is 18.7 Å². The number of sulfonamides is 1. The molecule has 11 heteroatoms. The largest absolute Gasteiger partial charge is 0.497 e. The Balaban J connectivity index is 1.22. The Morgan fingerprint density at radius 2 is 1.83 bits per heavy atom. The van der Waals surface area contributed by atoms with Gasteiger partial charge in [-0.3, -0.25) is 4.90 Å². The summed E-state index contributed by atoms with van der Waals surface area (Å²) in [4.78, 5) is 20.9. The number of nitrogens with one attached hydrogen (secondary N) is 1. The second kappa shape index (κ2) is 9.33. The molecule has 35 heavy (non-hydrogen) atoms. The van der Waals surface area contributed by atoms with Crippen LogP contribution in [-0.2, 0) is 17.1 Å². The fraction of sp³-hybridized carbons (Fsp3) is 0.333. The number of imidazole rings is 1. The van der Waals surface area contributed by atoms with Gasteiger partial charge in [-0.05, 0) is 42.5 Å². The van der Waals surface area contributed by atoms with Crippen molar-refractivity contribution in [2.45, 2.75) is 4.90 Å². The summed E-state index contributed by atoms with van der Waals surface area (Å²) in [5.41, 5.74) is 1.65. The van der Waals surface area contributed by atoms with Crippen LogP contribution in [0.4, 0.5) is 5.69 Å².